The number of hydrogen-bond acceptors (Lipinski definition) is 3. The van der Waals surface area contributed by atoms with E-state index >= 15 is 0 Å². The molecule has 100 valence electrons. The number of sulfonamides is 1. The SMILES string of the molecule is NCC1CCN(S(=O)(=O)c2ccc(F)c(Cl)c2)C1. The van der Waals surface area contributed by atoms with Crippen LogP contribution in [0.4, 0.5) is 4.39 Å². The van der Waals surface area contributed by atoms with Crippen LogP contribution < -0.4 is 5.73 Å². The zero-order valence-corrected chi connectivity index (χ0v) is 11.2. The molecule has 18 heavy (non-hydrogen) atoms. The van der Waals surface area contributed by atoms with E-state index in [9.17, 15) is 12.8 Å². The lowest BCUT2D eigenvalue weighted by Gasteiger charge is -2.16. The first-order valence-corrected chi connectivity index (χ1v) is 7.42. The summed E-state index contributed by atoms with van der Waals surface area (Å²) in [6, 6.07) is 3.43. The van der Waals surface area contributed by atoms with Gasteiger partial charge < -0.3 is 5.73 Å². The average molecular weight is 293 g/mol. The van der Waals surface area contributed by atoms with Crippen molar-refractivity contribution in [2.75, 3.05) is 19.6 Å². The first-order valence-electron chi connectivity index (χ1n) is 5.60. The van der Waals surface area contributed by atoms with Crippen LogP contribution in [0.3, 0.4) is 0 Å². The normalized spacial score (nSPS) is 21.4. The largest absolute Gasteiger partial charge is 0.330 e. The Labute approximate surface area is 111 Å². The molecule has 0 saturated carbocycles. The molecule has 1 unspecified atom stereocenters. The van der Waals surface area contributed by atoms with Crippen LogP contribution in [0, 0.1) is 11.7 Å². The van der Waals surface area contributed by atoms with Gasteiger partial charge in [0.2, 0.25) is 10.0 Å². The van der Waals surface area contributed by atoms with Crippen molar-refractivity contribution in [3.8, 4) is 0 Å². The van der Waals surface area contributed by atoms with Crippen molar-refractivity contribution in [1.29, 1.82) is 0 Å². The lowest BCUT2D eigenvalue weighted by molar-refractivity contribution is 0.459. The third-order valence-electron chi connectivity index (χ3n) is 3.11. The Balaban J connectivity index is 2.28. The van der Waals surface area contributed by atoms with Gasteiger partial charge in [0.1, 0.15) is 5.82 Å². The molecule has 4 nitrogen and oxygen atoms in total. The van der Waals surface area contributed by atoms with Crippen molar-refractivity contribution >= 4 is 21.6 Å². The van der Waals surface area contributed by atoms with Gasteiger partial charge in [0.05, 0.1) is 9.92 Å². The maximum Gasteiger partial charge on any atom is 0.243 e. The van der Waals surface area contributed by atoms with Crippen molar-refractivity contribution in [2.45, 2.75) is 11.3 Å². The van der Waals surface area contributed by atoms with Gasteiger partial charge >= 0.3 is 0 Å². The van der Waals surface area contributed by atoms with Gasteiger partial charge in [-0.3, -0.25) is 0 Å². The van der Waals surface area contributed by atoms with E-state index in [0.29, 0.717) is 19.6 Å². The van der Waals surface area contributed by atoms with Gasteiger partial charge in [-0.15, -0.1) is 0 Å². The van der Waals surface area contributed by atoms with E-state index < -0.39 is 15.8 Å². The summed E-state index contributed by atoms with van der Waals surface area (Å²) in [6.45, 7) is 1.32. The van der Waals surface area contributed by atoms with Crippen LogP contribution in [0.2, 0.25) is 5.02 Å². The van der Waals surface area contributed by atoms with E-state index in [1.807, 2.05) is 0 Å². The van der Waals surface area contributed by atoms with Crippen LogP contribution >= 0.6 is 11.6 Å². The van der Waals surface area contributed by atoms with Gasteiger partial charge in [-0.05, 0) is 37.1 Å². The second kappa shape index (κ2) is 5.13. The molecule has 1 atom stereocenters. The number of hydrogen-bond donors (Lipinski definition) is 1. The van der Waals surface area contributed by atoms with Crippen LogP contribution in [-0.2, 0) is 10.0 Å². The van der Waals surface area contributed by atoms with Crippen molar-refractivity contribution in [2.24, 2.45) is 11.7 Å². The molecule has 0 radical (unpaired) electrons. The molecule has 0 amide bonds. The van der Waals surface area contributed by atoms with Crippen LogP contribution in [0.25, 0.3) is 0 Å². The van der Waals surface area contributed by atoms with Gasteiger partial charge in [0, 0.05) is 13.1 Å². The van der Waals surface area contributed by atoms with Gasteiger partial charge in [-0.25, -0.2) is 12.8 Å². The maximum absolute atomic E-state index is 13.0. The summed E-state index contributed by atoms with van der Waals surface area (Å²) in [4.78, 5) is 0.0200. The summed E-state index contributed by atoms with van der Waals surface area (Å²) in [5.74, 6) is -0.437. The van der Waals surface area contributed by atoms with Gasteiger partial charge in [0.25, 0.3) is 0 Å². The Kier molecular flexibility index (Phi) is 3.91. The number of halogens is 2. The highest BCUT2D eigenvalue weighted by Crippen LogP contribution is 2.26. The maximum atomic E-state index is 13.0. The molecule has 1 saturated heterocycles. The summed E-state index contributed by atoms with van der Waals surface area (Å²) in [7, 11) is -3.59. The molecule has 7 heteroatoms. The summed E-state index contributed by atoms with van der Waals surface area (Å²) in [5, 5.41) is -0.189. The minimum Gasteiger partial charge on any atom is -0.330 e. The second-order valence-corrected chi connectivity index (χ2v) is 6.67. The molecule has 1 heterocycles. The predicted molar refractivity (Wildman–Crippen MR) is 67.3 cm³/mol. The van der Waals surface area contributed by atoms with Crippen molar-refractivity contribution < 1.29 is 12.8 Å². The molecular weight excluding hydrogens is 279 g/mol. The summed E-state index contributed by atoms with van der Waals surface area (Å²) in [5.41, 5.74) is 5.53. The second-order valence-electron chi connectivity index (χ2n) is 4.33. The third-order valence-corrected chi connectivity index (χ3v) is 5.26. The van der Waals surface area contributed by atoms with Crippen LogP contribution in [-0.4, -0.2) is 32.4 Å². The van der Waals surface area contributed by atoms with Crippen LogP contribution in [0.5, 0.6) is 0 Å². The van der Waals surface area contributed by atoms with E-state index in [2.05, 4.69) is 0 Å². The quantitative estimate of drug-likeness (QED) is 0.917. The first kappa shape index (κ1) is 13.7. The van der Waals surface area contributed by atoms with Crippen molar-refractivity contribution in [3.05, 3.63) is 29.0 Å². The molecule has 1 aromatic rings. The zero-order chi connectivity index (χ0) is 13.3. The van der Waals surface area contributed by atoms with Crippen molar-refractivity contribution in [1.82, 2.24) is 4.31 Å². The first-order chi connectivity index (χ1) is 8.45. The molecule has 2 N–H and O–H groups in total. The minimum absolute atomic E-state index is 0.0200. The lowest BCUT2D eigenvalue weighted by atomic mass is 10.1. The average Bonchev–Trinajstić information content (AvgIpc) is 2.81. The predicted octanol–water partition coefficient (Wildman–Crippen LogP) is 1.45. The Morgan fingerprint density at radius 1 is 1.50 bits per heavy atom. The lowest BCUT2D eigenvalue weighted by Crippen LogP contribution is -2.30. The summed E-state index contributed by atoms with van der Waals surface area (Å²) < 4.78 is 38.9. The molecular formula is C11H14ClFN2O2S. The fraction of sp³-hybridized carbons (Fsp3) is 0.455. The molecule has 1 fully saturated rings. The monoisotopic (exact) mass is 292 g/mol. The molecule has 1 aliphatic rings. The topological polar surface area (TPSA) is 63.4 Å². The smallest absolute Gasteiger partial charge is 0.243 e. The molecule has 0 bridgehead atoms. The Morgan fingerprint density at radius 3 is 2.78 bits per heavy atom. The highest BCUT2D eigenvalue weighted by atomic mass is 35.5. The van der Waals surface area contributed by atoms with Crippen molar-refractivity contribution in [3.63, 3.8) is 0 Å². The van der Waals surface area contributed by atoms with Gasteiger partial charge in [0.15, 0.2) is 0 Å². The number of nitrogens with zero attached hydrogens (tertiary/aromatic N) is 1. The fourth-order valence-electron chi connectivity index (χ4n) is 1.99. The Morgan fingerprint density at radius 2 is 2.22 bits per heavy atom. The van der Waals surface area contributed by atoms with Gasteiger partial charge in [-0.2, -0.15) is 4.31 Å². The van der Waals surface area contributed by atoms with E-state index in [1.54, 1.807) is 0 Å². The van der Waals surface area contributed by atoms with E-state index in [-0.39, 0.29) is 15.8 Å². The summed E-state index contributed by atoms with van der Waals surface area (Å²) >= 11 is 5.60. The molecule has 2 rings (SSSR count). The number of nitrogens with two attached hydrogens (primary N) is 1. The van der Waals surface area contributed by atoms with E-state index in [4.69, 9.17) is 17.3 Å². The standard InChI is InChI=1S/C11H14ClFN2O2S/c12-10-5-9(1-2-11(10)13)18(16,17)15-4-3-8(6-14)7-15/h1-2,5,8H,3-4,6-7,14H2. The molecule has 1 aliphatic heterocycles. The molecule has 0 spiro atoms. The van der Waals surface area contributed by atoms with Crippen LogP contribution in [0.1, 0.15) is 6.42 Å². The Hall–Kier alpha value is -0.690. The highest BCUT2D eigenvalue weighted by molar-refractivity contribution is 7.89. The Bertz CT molecular complexity index is 550. The fourth-order valence-corrected chi connectivity index (χ4v) is 3.80. The highest BCUT2D eigenvalue weighted by Gasteiger charge is 2.32. The molecule has 0 aliphatic carbocycles. The van der Waals surface area contributed by atoms with Crippen LogP contribution in [0.15, 0.2) is 23.1 Å². The molecule has 0 aromatic heterocycles. The molecule has 1 aromatic carbocycles. The third kappa shape index (κ3) is 2.51. The van der Waals surface area contributed by atoms with Gasteiger partial charge in [-0.1, -0.05) is 11.6 Å². The number of rotatable bonds is 3. The van der Waals surface area contributed by atoms with E-state index in [0.717, 1.165) is 18.6 Å². The minimum atomic E-state index is -3.59. The zero-order valence-electron chi connectivity index (χ0n) is 9.64. The van der Waals surface area contributed by atoms with E-state index in [1.165, 1.54) is 10.4 Å². The summed E-state index contributed by atoms with van der Waals surface area (Å²) in [6.07, 6.45) is 0.755. The number of benzene rings is 1.